The summed E-state index contributed by atoms with van der Waals surface area (Å²) < 4.78 is 0. The average Bonchev–Trinajstić information content (AvgIpc) is 2.22. The summed E-state index contributed by atoms with van der Waals surface area (Å²) in [7, 11) is 0. The molecule has 0 spiro atoms. The van der Waals surface area contributed by atoms with Crippen LogP contribution in [-0.4, -0.2) is 15.1 Å². The molecule has 0 aliphatic rings. The Morgan fingerprint density at radius 3 is 3.00 bits per heavy atom. The van der Waals surface area contributed by atoms with Gasteiger partial charge in [0.15, 0.2) is 5.88 Å². The number of aromatic nitrogens is 2. The van der Waals surface area contributed by atoms with Gasteiger partial charge in [-0.1, -0.05) is 0 Å². The minimum atomic E-state index is 0.205. The first-order chi connectivity index (χ1) is 4.36. The molecule has 0 fully saturated rings. The minimum Gasteiger partial charge on any atom is -0.495 e. The molecule has 0 saturated carbocycles. The molecular formula is C6H6N2O. The zero-order valence-electron chi connectivity index (χ0n) is 4.68. The van der Waals surface area contributed by atoms with Gasteiger partial charge in [-0.05, 0) is 6.07 Å². The number of H-pyrrole nitrogens is 2. The van der Waals surface area contributed by atoms with Crippen molar-refractivity contribution in [2.75, 3.05) is 0 Å². The number of aromatic hydroxyl groups is 1. The number of hydrogen-bond acceptors (Lipinski definition) is 1. The van der Waals surface area contributed by atoms with Gasteiger partial charge in [0, 0.05) is 12.3 Å². The van der Waals surface area contributed by atoms with Gasteiger partial charge in [-0.15, -0.1) is 0 Å². The molecule has 2 rings (SSSR count). The molecule has 0 radical (unpaired) electrons. The maximum atomic E-state index is 8.87. The summed E-state index contributed by atoms with van der Waals surface area (Å²) >= 11 is 0. The van der Waals surface area contributed by atoms with Gasteiger partial charge >= 0.3 is 0 Å². The largest absolute Gasteiger partial charge is 0.495 e. The van der Waals surface area contributed by atoms with Gasteiger partial charge in [-0.2, -0.15) is 0 Å². The van der Waals surface area contributed by atoms with Crippen LogP contribution < -0.4 is 0 Å². The van der Waals surface area contributed by atoms with Crippen LogP contribution in [0.1, 0.15) is 0 Å². The number of nitrogens with one attached hydrogen (secondary N) is 2. The van der Waals surface area contributed by atoms with E-state index in [-0.39, 0.29) is 5.88 Å². The van der Waals surface area contributed by atoms with Crippen LogP contribution in [0.25, 0.3) is 11.0 Å². The van der Waals surface area contributed by atoms with Crippen LogP contribution >= 0.6 is 0 Å². The monoisotopic (exact) mass is 122 g/mol. The van der Waals surface area contributed by atoms with Crippen LogP contribution in [0.15, 0.2) is 18.3 Å². The summed E-state index contributed by atoms with van der Waals surface area (Å²) in [4.78, 5) is 5.71. The second-order valence-corrected chi connectivity index (χ2v) is 1.96. The van der Waals surface area contributed by atoms with E-state index in [2.05, 4.69) is 9.97 Å². The van der Waals surface area contributed by atoms with Crippen molar-refractivity contribution < 1.29 is 5.11 Å². The molecule has 0 aliphatic heterocycles. The standard InChI is InChI=1S/C6H6N2O/c9-6-3-5-4(8-6)1-2-7-5/h1-3,7-9H. The Bertz CT molecular complexity index is 292. The van der Waals surface area contributed by atoms with Crippen molar-refractivity contribution in [1.82, 2.24) is 9.97 Å². The Hall–Kier alpha value is -1.38. The molecule has 0 unspecified atom stereocenters. The molecule has 0 atom stereocenters. The molecule has 0 aromatic carbocycles. The van der Waals surface area contributed by atoms with Crippen LogP contribution in [0, 0.1) is 0 Å². The molecule has 0 amide bonds. The summed E-state index contributed by atoms with van der Waals surface area (Å²) in [6.07, 6.45) is 1.82. The van der Waals surface area contributed by atoms with Crippen molar-refractivity contribution in [3.05, 3.63) is 18.3 Å². The van der Waals surface area contributed by atoms with E-state index in [1.165, 1.54) is 0 Å². The molecule has 0 saturated heterocycles. The summed E-state index contributed by atoms with van der Waals surface area (Å²) in [5.74, 6) is 0.205. The highest BCUT2D eigenvalue weighted by molar-refractivity contribution is 5.77. The first-order valence-corrected chi connectivity index (χ1v) is 2.71. The number of hydrogen-bond donors (Lipinski definition) is 3. The molecule has 46 valence electrons. The topological polar surface area (TPSA) is 51.8 Å². The van der Waals surface area contributed by atoms with Crippen LogP contribution in [0.3, 0.4) is 0 Å². The van der Waals surface area contributed by atoms with E-state index in [1.54, 1.807) is 6.07 Å². The fourth-order valence-electron chi connectivity index (χ4n) is 0.922. The average molecular weight is 122 g/mol. The Balaban J connectivity index is 2.92. The third kappa shape index (κ3) is 0.512. The number of rotatable bonds is 0. The van der Waals surface area contributed by atoms with E-state index < -0.39 is 0 Å². The quantitative estimate of drug-likeness (QED) is 0.483. The van der Waals surface area contributed by atoms with Crippen molar-refractivity contribution in [2.24, 2.45) is 0 Å². The first kappa shape index (κ1) is 4.49. The molecule has 2 aromatic rings. The van der Waals surface area contributed by atoms with Gasteiger partial charge in [0.05, 0.1) is 11.0 Å². The molecule has 9 heavy (non-hydrogen) atoms. The maximum absolute atomic E-state index is 8.87. The van der Waals surface area contributed by atoms with Gasteiger partial charge in [0.2, 0.25) is 0 Å². The smallest absolute Gasteiger partial charge is 0.190 e. The molecule has 3 heteroatoms. The van der Waals surface area contributed by atoms with Gasteiger partial charge in [-0.3, -0.25) is 0 Å². The predicted molar refractivity (Wildman–Crippen MR) is 34.3 cm³/mol. The lowest BCUT2D eigenvalue weighted by atomic mass is 10.5. The van der Waals surface area contributed by atoms with E-state index in [4.69, 9.17) is 5.11 Å². The van der Waals surface area contributed by atoms with Crippen molar-refractivity contribution in [1.29, 1.82) is 0 Å². The zero-order valence-corrected chi connectivity index (χ0v) is 4.68. The fourth-order valence-corrected chi connectivity index (χ4v) is 0.922. The molecule has 3 nitrogen and oxygen atoms in total. The van der Waals surface area contributed by atoms with E-state index in [1.807, 2.05) is 12.3 Å². The van der Waals surface area contributed by atoms with Crippen molar-refractivity contribution in [2.45, 2.75) is 0 Å². The Morgan fingerprint density at radius 2 is 2.22 bits per heavy atom. The van der Waals surface area contributed by atoms with Gasteiger partial charge < -0.3 is 15.1 Å². The lowest BCUT2D eigenvalue weighted by molar-refractivity contribution is 0.458. The highest BCUT2D eigenvalue weighted by Crippen LogP contribution is 2.16. The SMILES string of the molecule is Oc1cc2[nH]ccc2[nH]1. The molecule has 3 N–H and O–H groups in total. The minimum absolute atomic E-state index is 0.205. The van der Waals surface area contributed by atoms with E-state index >= 15 is 0 Å². The molecule has 2 aromatic heterocycles. The Kier molecular flexibility index (Phi) is 0.656. The normalized spacial score (nSPS) is 10.7. The Morgan fingerprint density at radius 1 is 1.33 bits per heavy atom. The maximum Gasteiger partial charge on any atom is 0.190 e. The second kappa shape index (κ2) is 1.31. The van der Waals surface area contributed by atoms with Crippen LogP contribution in [0.2, 0.25) is 0 Å². The van der Waals surface area contributed by atoms with Crippen LogP contribution in [0.4, 0.5) is 0 Å². The summed E-state index contributed by atoms with van der Waals surface area (Å²) in [6, 6.07) is 3.52. The zero-order chi connectivity index (χ0) is 6.27. The molecule has 2 heterocycles. The number of fused-ring (bicyclic) bond motifs is 1. The van der Waals surface area contributed by atoms with E-state index in [0.29, 0.717) is 0 Å². The lowest BCUT2D eigenvalue weighted by Gasteiger charge is -1.74. The van der Waals surface area contributed by atoms with Crippen LogP contribution in [0.5, 0.6) is 5.88 Å². The van der Waals surface area contributed by atoms with E-state index in [9.17, 15) is 0 Å². The lowest BCUT2D eigenvalue weighted by Crippen LogP contribution is -1.56. The van der Waals surface area contributed by atoms with Crippen molar-refractivity contribution in [3.8, 4) is 5.88 Å². The van der Waals surface area contributed by atoms with Gasteiger partial charge in [0.1, 0.15) is 0 Å². The molecule has 0 bridgehead atoms. The molecular weight excluding hydrogens is 116 g/mol. The predicted octanol–water partition coefficient (Wildman–Crippen LogP) is 1.20. The number of aromatic amines is 2. The van der Waals surface area contributed by atoms with Gasteiger partial charge in [0.25, 0.3) is 0 Å². The fraction of sp³-hybridized carbons (Fsp3) is 0. The Labute approximate surface area is 51.3 Å². The third-order valence-electron chi connectivity index (χ3n) is 1.32. The first-order valence-electron chi connectivity index (χ1n) is 2.71. The molecule has 0 aliphatic carbocycles. The van der Waals surface area contributed by atoms with Gasteiger partial charge in [-0.25, -0.2) is 0 Å². The highest BCUT2D eigenvalue weighted by atomic mass is 16.3. The second-order valence-electron chi connectivity index (χ2n) is 1.96. The summed E-state index contributed by atoms with van der Waals surface area (Å²) in [6.45, 7) is 0. The van der Waals surface area contributed by atoms with Crippen LogP contribution in [-0.2, 0) is 0 Å². The van der Waals surface area contributed by atoms with Crippen molar-refractivity contribution in [3.63, 3.8) is 0 Å². The highest BCUT2D eigenvalue weighted by Gasteiger charge is 1.96. The summed E-state index contributed by atoms with van der Waals surface area (Å²) in [5.41, 5.74) is 1.88. The van der Waals surface area contributed by atoms with E-state index in [0.717, 1.165) is 11.0 Å². The van der Waals surface area contributed by atoms with Crippen molar-refractivity contribution >= 4 is 11.0 Å². The third-order valence-corrected chi connectivity index (χ3v) is 1.32. The summed E-state index contributed by atoms with van der Waals surface area (Å²) in [5, 5.41) is 8.87.